The smallest absolute Gasteiger partial charge is 0.271 e. The van der Waals surface area contributed by atoms with Gasteiger partial charge in [-0.3, -0.25) is 4.79 Å². The number of aromatic nitrogens is 2. The standard InChI is InChI=1S/C24H25FN4O3S/c25-20-6-8-21(9-7-20)29-24(30)12-11-23(26-29)27-13-15-28(16-14-27)33(31,32)22-10-5-18-3-1-2-4-19(18)17-22/h5-12,17H,1-4,13-16H2. The van der Waals surface area contributed by atoms with Crippen LogP contribution in [-0.2, 0) is 22.9 Å². The van der Waals surface area contributed by atoms with E-state index in [1.807, 2.05) is 17.0 Å². The number of piperazine rings is 1. The molecule has 0 spiro atoms. The van der Waals surface area contributed by atoms with Crippen LogP contribution in [0.1, 0.15) is 24.0 Å². The summed E-state index contributed by atoms with van der Waals surface area (Å²) in [6, 6.07) is 14.1. The van der Waals surface area contributed by atoms with E-state index in [1.54, 1.807) is 12.1 Å². The van der Waals surface area contributed by atoms with Crippen molar-refractivity contribution in [1.82, 2.24) is 14.1 Å². The van der Waals surface area contributed by atoms with Gasteiger partial charge in [-0.1, -0.05) is 6.07 Å². The zero-order valence-corrected chi connectivity index (χ0v) is 19.0. The maximum absolute atomic E-state index is 13.2. The van der Waals surface area contributed by atoms with Crippen molar-refractivity contribution < 1.29 is 12.8 Å². The van der Waals surface area contributed by atoms with Gasteiger partial charge in [0.2, 0.25) is 10.0 Å². The Labute approximate surface area is 192 Å². The minimum Gasteiger partial charge on any atom is -0.353 e. The van der Waals surface area contributed by atoms with Gasteiger partial charge < -0.3 is 4.90 Å². The van der Waals surface area contributed by atoms with Crippen molar-refractivity contribution in [3.8, 4) is 5.69 Å². The van der Waals surface area contributed by atoms with Gasteiger partial charge >= 0.3 is 0 Å². The fourth-order valence-corrected chi connectivity index (χ4v) is 5.99. The average Bonchev–Trinajstić information content (AvgIpc) is 2.85. The van der Waals surface area contributed by atoms with Gasteiger partial charge in [0.15, 0.2) is 0 Å². The predicted octanol–water partition coefficient (Wildman–Crippen LogP) is 2.76. The maximum atomic E-state index is 13.2. The van der Waals surface area contributed by atoms with E-state index < -0.39 is 10.0 Å². The van der Waals surface area contributed by atoms with Crippen molar-refractivity contribution in [2.45, 2.75) is 30.6 Å². The van der Waals surface area contributed by atoms with Crippen LogP contribution in [0.2, 0.25) is 0 Å². The van der Waals surface area contributed by atoms with Gasteiger partial charge in [-0.25, -0.2) is 12.8 Å². The first-order chi connectivity index (χ1) is 15.9. The summed E-state index contributed by atoms with van der Waals surface area (Å²) in [5.41, 5.74) is 2.55. The summed E-state index contributed by atoms with van der Waals surface area (Å²) < 4.78 is 42.5. The normalized spacial score (nSPS) is 17.1. The SMILES string of the molecule is O=c1ccc(N2CCN(S(=O)(=O)c3ccc4c(c3)CCCC4)CC2)nn1-c1ccc(F)cc1. The van der Waals surface area contributed by atoms with Gasteiger partial charge in [-0.2, -0.15) is 8.99 Å². The molecule has 1 aromatic heterocycles. The molecule has 2 aliphatic rings. The first-order valence-corrected chi connectivity index (χ1v) is 12.6. The topological polar surface area (TPSA) is 75.5 Å². The molecule has 0 atom stereocenters. The molecule has 0 N–H and O–H groups in total. The highest BCUT2D eigenvalue weighted by molar-refractivity contribution is 7.89. The van der Waals surface area contributed by atoms with Crippen LogP contribution in [0.25, 0.3) is 5.69 Å². The van der Waals surface area contributed by atoms with Gasteiger partial charge in [-0.05, 0) is 79.3 Å². The minimum atomic E-state index is -3.57. The molecule has 3 aromatic rings. The van der Waals surface area contributed by atoms with Gasteiger partial charge in [0.25, 0.3) is 5.56 Å². The van der Waals surface area contributed by atoms with E-state index in [0.29, 0.717) is 42.6 Å². The van der Waals surface area contributed by atoms with Crippen LogP contribution in [0.15, 0.2) is 64.3 Å². The number of anilines is 1. The third kappa shape index (κ3) is 4.30. The van der Waals surface area contributed by atoms with Gasteiger partial charge in [-0.15, -0.1) is 5.10 Å². The molecule has 0 saturated carbocycles. The highest BCUT2D eigenvalue weighted by Gasteiger charge is 2.30. The third-order valence-corrected chi connectivity index (χ3v) is 8.27. The molecule has 172 valence electrons. The Balaban J connectivity index is 1.32. The Bertz CT molecular complexity index is 1330. The Hall–Kier alpha value is -3.04. The van der Waals surface area contributed by atoms with E-state index in [9.17, 15) is 17.6 Å². The monoisotopic (exact) mass is 468 g/mol. The molecule has 9 heteroatoms. The number of aryl methyl sites for hydroxylation is 2. The lowest BCUT2D eigenvalue weighted by Gasteiger charge is -2.34. The number of halogens is 1. The van der Waals surface area contributed by atoms with Crippen molar-refractivity contribution in [3.63, 3.8) is 0 Å². The van der Waals surface area contributed by atoms with Gasteiger partial charge in [0.05, 0.1) is 10.6 Å². The second-order valence-electron chi connectivity index (χ2n) is 8.45. The summed E-state index contributed by atoms with van der Waals surface area (Å²) in [6.07, 6.45) is 4.20. The molecule has 0 amide bonds. The molecule has 33 heavy (non-hydrogen) atoms. The van der Waals surface area contributed by atoms with E-state index in [1.165, 1.54) is 44.9 Å². The van der Waals surface area contributed by atoms with Crippen LogP contribution in [0.5, 0.6) is 0 Å². The number of benzene rings is 2. The van der Waals surface area contributed by atoms with Crippen molar-refractivity contribution in [2.24, 2.45) is 0 Å². The van der Waals surface area contributed by atoms with Crippen molar-refractivity contribution in [2.75, 3.05) is 31.1 Å². The highest BCUT2D eigenvalue weighted by Crippen LogP contribution is 2.26. The maximum Gasteiger partial charge on any atom is 0.271 e. The van der Waals surface area contributed by atoms with E-state index in [-0.39, 0.29) is 11.4 Å². The first kappa shape index (κ1) is 21.8. The average molecular weight is 469 g/mol. The lowest BCUT2D eigenvalue weighted by molar-refractivity contribution is 0.383. The fourth-order valence-electron chi connectivity index (χ4n) is 4.51. The second kappa shape index (κ2) is 8.72. The summed E-state index contributed by atoms with van der Waals surface area (Å²) in [6.45, 7) is 1.57. The molecular formula is C24H25FN4O3S. The number of hydrogen-bond acceptors (Lipinski definition) is 5. The Morgan fingerprint density at radius 3 is 2.24 bits per heavy atom. The lowest BCUT2D eigenvalue weighted by Crippen LogP contribution is -2.49. The van der Waals surface area contributed by atoms with Crippen molar-refractivity contribution in [1.29, 1.82) is 0 Å². The molecule has 5 rings (SSSR count). The molecule has 0 bridgehead atoms. The fraction of sp³-hybridized carbons (Fsp3) is 0.333. The van der Waals surface area contributed by atoms with Crippen LogP contribution in [-0.4, -0.2) is 48.7 Å². The third-order valence-electron chi connectivity index (χ3n) is 6.38. The van der Waals surface area contributed by atoms with Gasteiger partial charge in [0, 0.05) is 32.2 Å². The van der Waals surface area contributed by atoms with Crippen LogP contribution >= 0.6 is 0 Å². The van der Waals surface area contributed by atoms with Crippen molar-refractivity contribution in [3.05, 3.63) is 81.9 Å². The number of rotatable bonds is 4. The quantitative estimate of drug-likeness (QED) is 0.589. The molecule has 1 aliphatic carbocycles. The molecule has 0 unspecified atom stereocenters. The van der Waals surface area contributed by atoms with E-state index in [4.69, 9.17) is 0 Å². The van der Waals surface area contributed by atoms with Crippen LogP contribution in [0.4, 0.5) is 10.2 Å². The number of nitrogens with zero attached hydrogens (tertiary/aromatic N) is 4. The number of fused-ring (bicyclic) bond motifs is 1. The number of hydrogen-bond donors (Lipinski definition) is 0. The van der Waals surface area contributed by atoms with Gasteiger partial charge in [0.1, 0.15) is 11.6 Å². The Kier molecular flexibility index (Phi) is 5.76. The molecule has 2 heterocycles. The molecule has 2 aromatic carbocycles. The molecule has 1 fully saturated rings. The van der Waals surface area contributed by atoms with Crippen LogP contribution < -0.4 is 10.5 Å². The minimum absolute atomic E-state index is 0.320. The summed E-state index contributed by atoms with van der Waals surface area (Å²) in [7, 11) is -3.57. The summed E-state index contributed by atoms with van der Waals surface area (Å²) in [4.78, 5) is 14.6. The van der Waals surface area contributed by atoms with Crippen LogP contribution in [0, 0.1) is 5.82 Å². The second-order valence-corrected chi connectivity index (χ2v) is 10.4. The lowest BCUT2D eigenvalue weighted by atomic mass is 9.92. The first-order valence-electron chi connectivity index (χ1n) is 11.1. The summed E-state index contributed by atoms with van der Waals surface area (Å²) in [5, 5.41) is 4.43. The zero-order valence-electron chi connectivity index (χ0n) is 18.2. The largest absolute Gasteiger partial charge is 0.353 e. The molecule has 7 nitrogen and oxygen atoms in total. The Morgan fingerprint density at radius 1 is 0.818 bits per heavy atom. The summed E-state index contributed by atoms with van der Waals surface area (Å²) >= 11 is 0. The van der Waals surface area contributed by atoms with E-state index >= 15 is 0 Å². The Morgan fingerprint density at radius 2 is 1.52 bits per heavy atom. The summed E-state index contributed by atoms with van der Waals surface area (Å²) in [5.74, 6) is 0.184. The van der Waals surface area contributed by atoms with E-state index in [2.05, 4.69) is 5.10 Å². The molecule has 0 radical (unpaired) electrons. The zero-order chi connectivity index (χ0) is 23.0. The highest BCUT2D eigenvalue weighted by atomic mass is 32.2. The predicted molar refractivity (Wildman–Crippen MR) is 124 cm³/mol. The molecule has 1 aliphatic heterocycles. The van der Waals surface area contributed by atoms with Crippen molar-refractivity contribution >= 4 is 15.8 Å². The van der Waals surface area contributed by atoms with Crippen LogP contribution in [0.3, 0.4) is 0 Å². The molecular weight excluding hydrogens is 443 g/mol. The number of sulfonamides is 1. The molecule has 1 saturated heterocycles. The van der Waals surface area contributed by atoms with E-state index in [0.717, 1.165) is 31.2 Å².